The van der Waals surface area contributed by atoms with Crippen molar-refractivity contribution in [2.45, 2.75) is 32.2 Å². The number of nitrogens with zero attached hydrogens (tertiary/aromatic N) is 4. The first-order valence-electron chi connectivity index (χ1n) is 8.76. The molecule has 0 saturated carbocycles. The van der Waals surface area contributed by atoms with E-state index < -0.39 is 0 Å². The molecule has 136 valence electrons. The molecular formula is C17H26N6O2. The molecule has 0 spiro atoms. The van der Waals surface area contributed by atoms with Crippen molar-refractivity contribution < 1.29 is 9.59 Å². The average molecular weight is 346 g/mol. The Morgan fingerprint density at radius 1 is 1.28 bits per heavy atom. The lowest BCUT2D eigenvalue weighted by atomic mass is 10.0. The molecule has 0 aliphatic carbocycles. The van der Waals surface area contributed by atoms with Crippen LogP contribution in [0.15, 0.2) is 0 Å². The van der Waals surface area contributed by atoms with Gasteiger partial charge >= 0.3 is 0 Å². The Kier molecular flexibility index (Phi) is 5.17. The molecule has 8 heteroatoms. The van der Waals surface area contributed by atoms with Crippen LogP contribution < -0.4 is 10.6 Å². The number of hydrogen-bond acceptors (Lipinski definition) is 6. The van der Waals surface area contributed by atoms with Gasteiger partial charge in [0.15, 0.2) is 0 Å². The molecule has 1 unspecified atom stereocenters. The van der Waals surface area contributed by atoms with E-state index in [0.717, 1.165) is 43.3 Å². The Morgan fingerprint density at radius 2 is 2.08 bits per heavy atom. The number of aromatic nitrogens is 2. The van der Waals surface area contributed by atoms with E-state index in [9.17, 15) is 9.59 Å². The lowest BCUT2D eigenvalue weighted by Gasteiger charge is -2.26. The van der Waals surface area contributed by atoms with Gasteiger partial charge in [0.05, 0.1) is 12.2 Å². The predicted octanol–water partition coefficient (Wildman–Crippen LogP) is -0.0418. The van der Waals surface area contributed by atoms with Gasteiger partial charge in [0.1, 0.15) is 11.6 Å². The van der Waals surface area contributed by atoms with Gasteiger partial charge in [-0.2, -0.15) is 0 Å². The van der Waals surface area contributed by atoms with E-state index >= 15 is 0 Å². The Hall–Kier alpha value is -2.22. The van der Waals surface area contributed by atoms with Gasteiger partial charge < -0.3 is 20.4 Å². The lowest BCUT2D eigenvalue weighted by Crippen LogP contribution is -2.38. The Labute approximate surface area is 148 Å². The Bertz CT molecular complexity index is 677. The summed E-state index contributed by atoms with van der Waals surface area (Å²) >= 11 is 0. The number of carbonyl (C=O) groups excluding carboxylic acids is 2. The van der Waals surface area contributed by atoms with E-state index in [1.165, 1.54) is 12.5 Å². The molecule has 1 aromatic rings. The van der Waals surface area contributed by atoms with Crippen molar-refractivity contribution in [2.75, 3.05) is 45.6 Å². The summed E-state index contributed by atoms with van der Waals surface area (Å²) in [7, 11) is 3.99. The summed E-state index contributed by atoms with van der Waals surface area (Å²) in [6, 6.07) is 0. The van der Waals surface area contributed by atoms with Crippen LogP contribution in [0.2, 0.25) is 0 Å². The molecule has 2 N–H and O–H groups in total. The fourth-order valence-electron chi connectivity index (χ4n) is 3.48. The second kappa shape index (κ2) is 7.35. The third-order valence-corrected chi connectivity index (χ3v) is 4.90. The SMILES string of the molecule is CNc1nc(C2CCN(C(=O)CNC(C)=O)C2)nc2c1CCN(C)C2. The van der Waals surface area contributed by atoms with Crippen LogP contribution in [0.1, 0.15) is 36.3 Å². The highest BCUT2D eigenvalue weighted by Crippen LogP contribution is 2.29. The molecule has 0 radical (unpaired) electrons. The molecule has 0 aromatic carbocycles. The molecular weight excluding hydrogens is 320 g/mol. The van der Waals surface area contributed by atoms with Gasteiger partial charge in [-0.15, -0.1) is 0 Å². The molecule has 2 aliphatic heterocycles. The summed E-state index contributed by atoms with van der Waals surface area (Å²) in [6.45, 7) is 4.60. The fourth-order valence-corrected chi connectivity index (χ4v) is 3.48. The molecule has 8 nitrogen and oxygen atoms in total. The second-order valence-corrected chi connectivity index (χ2v) is 6.83. The van der Waals surface area contributed by atoms with E-state index in [1.807, 2.05) is 7.05 Å². The second-order valence-electron chi connectivity index (χ2n) is 6.83. The van der Waals surface area contributed by atoms with Gasteiger partial charge in [0.25, 0.3) is 0 Å². The normalized spacial score (nSPS) is 20.3. The maximum atomic E-state index is 12.2. The standard InChI is InChI=1S/C17H26N6O2/c1-11(24)19-8-15(25)23-7-4-12(9-23)16-20-14-10-22(3)6-5-13(14)17(18-2)21-16/h12H,4-10H2,1-3H3,(H,19,24)(H,18,20,21). The van der Waals surface area contributed by atoms with Gasteiger partial charge in [-0.1, -0.05) is 0 Å². The highest BCUT2D eigenvalue weighted by atomic mass is 16.2. The molecule has 1 saturated heterocycles. The summed E-state index contributed by atoms with van der Waals surface area (Å²) in [6.07, 6.45) is 1.80. The Balaban J connectivity index is 1.73. The summed E-state index contributed by atoms with van der Waals surface area (Å²) < 4.78 is 0. The van der Waals surface area contributed by atoms with E-state index in [0.29, 0.717) is 13.1 Å². The maximum Gasteiger partial charge on any atom is 0.241 e. The van der Waals surface area contributed by atoms with Crippen LogP contribution in [0.25, 0.3) is 0 Å². The van der Waals surface area contributed by atoms with E-state index in [-0.39, 0.29) is 24.3 Å². The molecule has 2 aliphatic rings. The van der Waals surface area contributed by atoms with Crippen molar-refractivity contribution in [1.82, 2.24) is 25.1 Å². The monoisotopic (exact) mass is 346 g/mol. The summed E-state index contributed by atoms with van der Waals surface area (Å²) in [5, 5.41) is 5.77. The summed E-state index contributed by atoms with van der Waals surface area (Å²) in [5.74, 6) is 1.63. The number of likely N-dealkylation sites (tertiary alicyclic amines) is 1. The fraction of sp³-hybridized carbons (Fsp3) is 0.647. The van der Waals surface area contributed by atoms with Crippen LogP contribution in [0.5, 0.6) is 0 Å². The molecule has 1 fully saturated rings. The zero-order valence-electron chi connectivity index (χ0n) is 15.1. The van der Waals surface area contributed by atoms with E-state index in [2.05, 4.69) is 22.6 Å². The Morgan fingerprint density at radius 3 is 2.80 bits per heavy atom. The minimum absolute atomic E-state index is 0.0516. The third kappa shape index (κ3) is 3.89. The highest BCUT2D eigenvalue weighted by Gasteiger charge is 2.31. The minimum atomic E-state index is -0.190. The number of anilines is 1. The zero-order valence-corrected chi connectivity index (χ0v) is 15.1. The van der Waals surface area contributed by atoms with Crippen molar-refractivity contribution >= 4 is 17.6 Å². The van der Waals surface area contributed by atoms with Crippen LogP contribution >= 0.6 is 0 Å². The molecule has 1 aromatic heterocycles. The van der Waals surface area contributed by atoms with Gasteiger partial charge in [0.2, 0.25) is 11.8 Å². The average Bonchev–Trinajstić information content (AvgIpc) is 3.08. The van der Waals surface area contributed by atoms with Crippen LogP contribution in [0, 0.1) is 0 Å². The summed E-state index contributed by atoms with van der Waals surface area (Å²) in [4.78, 5) is 36.7. The predicted molar refractivity (Wildman–Crippen MR) is 94.2 cm³/mol. The molecule has 25 heavy (non-hydrogen) atoms. The molecule has 3 heterocycles. The van der Waals surface area contributed by atoms with Crippen LogP contribution in [-0.4, -0.2) is 71.9 Å². The number of fused-ring (bicyclic) bond motifs is 1. The van der Waals surface area contributed by atoms with Crippen molar-refractivity contribution in [3.8, 4) is 0 Å². The number of likely N-dealkylation sites (N-methyl/N-ethyl adjacent to an activating group) is 1. The van der Waals surface area contributed by atoms with Crippen LogP contribution in [0.4, 0.5) is 5.82 Å². The van der Waals surface area contributed by atoms with Crippen LogP contribution in [-0.2, 0) is 22.6 Å². The van der Waals surface area contributed by atoms with E-state index in [4.69, 9.17) is 9.97 Å². The number of amides is 2. The smallest absolute Gasteiger partial charge is 0.241 e. The maximum absolute atomic E-state index is 12.2. The van der Waals surface area contributed by atoms with Crippen molar-refractivity contribution in [1.29, 1.82) is 0 Å². The first-order chi connectivity index (χ1) is 12.0. The number of carbonyl (C=O) groups is 2. The van der Waals surface area contributed by atoms with Crippen molar-refractivity contribution in [3.05, 3.63) is 17.1 Å². The number of nitrogens with one attached hydrogen (secondary N) is 2. The van der Waals surface area contributed by atoms with Crippen LogP contribution in [0.3, 0.4) is 0 Å². The van der Waals surface area contributed by atoms with Gasteiger partial charge in [0, 0.05) is 51.6 Å². The first-order valence-corrected chi connectivity index (χ1v) is 8.76. The third-order valence-electron chi connectivity index (χ3n) is 4.90. The van der Waals surface area contributed by atoms with E-state index in [1.54, 1.807) is 4.90 Å². The topological polar surface area (TPSA) is 90.5 Å². The van der Waals surface area contributed by atoms with Gasteiger partial charge in [-0.3, -0.25) is 9.59 Å². The summed E-state index contributed by atoms with van der Waals surface area (Å²) in [5.41, 5.74) is 2.30. The quantitative estimate of drug-likeness (QED) is 0.795. The van der Waals surface area contributed by atoms with Gasteiger partial charge in [-0.25, -0.2) is 9.97 Å². The first kappa shape index (κ1) is 17.6. The van der Waals surface area contributed by atoms with Crippen molar-refractivity contribution in [2.24, 2.45) is 0 Å². The molecule has 0 bridgehead atoms. The van der Waals surface area contributed by atoms with Crippen molar-refractivity contribution in [3.63, 3.8) is 0 Å². The molecule has 3 rings (SSSR count). The number of hydrogen-bond donors (Lipinski definition) is 2. The lowest BCUT2D eigenvalue weighted by molar-refractivity contribution is -0.131. The zero-order chi connectivity index (χ0) is 18.0. The number of rotatable bonds is 4. The minimum Gasteiger partial charge on any atom is -0.373 e. The van der Waals surface area contributed by atoms with Gasteiger partial charge in [-0.05, 0) is 19.9 Å². The largest absolute Gasteiger partial charge is 0.373 e. The molecule has 1 atom stereocenters. The highest BCUT2D eigenvalue weighted by molar-refractivity contribution is 5.83. The molecule has 2 amide bonds.